The van der Waals surface area contributed by atoms with E-state index in [0.717, 1.165) is 25.6 Å². The van der Waals surface area contributed by atoms with Crippen LogP contribution in [0.25, 0.3) is 0 Å². The molecular formula is C15H20ClFN2. The smallest absolute Gasteiger partial charge is 0.129 e. The van der Waals surface area contributed by atoms with E-state index in [-0.39, 0.29) is 11.4 Å². The van der Waals surface area contributed by atoms with E-state index in [9.17, 15) is 4.39 Å². The number of nitrogens with zero attached hydrogens (tertiary/aromatic N) is 1. The average Bonchev–Trinajstić information content (AvgIpc) is 3.19. The van der Waals surface area contributed by atoms with Gasteiger partial charge in [0.1, 0.15) is 5.82 Å². The number of benzene rings is 1. The molecule has 19 heavy (non-hydrogen) atoms. The third-order valence-corrected chi connectivity index (χ3v) is 4.78. The second kappa shape index (κ2) is 5.04. The second-order valence-corrected chi connectivity index (χ2v) is 6.44. The van der Waals surface area contributed by atoms with E-state index in [1.807, 2.05) is 0 Å². The predicted molar refractivity (Wildman–Crippen MR) is 75.8 cm³/mol. The summed E-state index contributed by atoms with van der Waals surface area (Å²) in [6.45, 7) is 5.80. The molecule has 1 aliphatic heterocycles. The first-order valence-corrected chi connectivity index (χ1v) is 7.36. The van der Waals surface area contributed by atoms with Gasteiger partial charge in [-0.3, -0.25) is 4.90 Å². The van der Waals surface area contributed by atoms with Crippen LogP contribution in [0.3, 0.4) is 0 Å². The molecule has 0 spiro atoms. The molecule has 1 saturated heterocycles. The fraction of sp³-hybridized carbons (Fsp3) is 0.600. The molecule has 1 aromatic carbocycles. The molecule has 2 nitrogen and oxygen atoms in total. The SMILES string of the molecule is CC1(C2CC2)CN(Cc2c(F)cccc2Cl)CCN1. The Balaban J connectivity index is 1.72. The number of piperazine rings is 1. The maximum atomic E-state index is 13.8. The Morgan fingerprint density at radius 1 is 1.47 bits per heavy atom. The highest BCUT2D eigenvalue weighted by atomic mass is 35.5. The second-order valence-electron chi connectivity index (χ2n) is 6.03. The maximum absolute atomic E-state index is 13.8. The molecule has 1 aromatic rings. The minimum Gasteiger partial charge on any atom is -0.309 e. The average molecular weight is 283 g/mol. The summed E-state index contributed by atoms with van der Waals surface area (Å²) in [7, 11) is 0. The van der Waals surface area contributed by atoms with Crippen molar-refractivity contribution in [2.24, 2.45) is 5.92 Å². The van der Waals surface area contributed by atoms with Crippen LogP contribution >= 0.6 is 11.6 Å². The summed E-state index contributed by atoms with van der Waals surface area (Å²) in [6, 6.07) is 4.92. The van der Waals surface area contributed by atoms with Gasteiger partial charge in [0.25, 0.3) is 0 Å². The molecule has 104 valence electrons. The number of rotatable bonds is 3. The Morgan fingerprint density at radius 3 is 2.95 bits per heavy atom. The van der Waals surface area contributed by atoms with Crippen LogP contribution in [-0.2, 0) is 6.54 Å². The molecule has 2 aliphatic rings. The van der Waals surface area contributed by atoms with Gasteiger partial charge in [-0.2, -0.15) is 0 Å². The Bertz CT molecular complexity index is 455. The molecule has 0 aromatic heterocycles. The molecule has 2 fully saturated rings. The fourth-order valence-corrected chi connectivity index (χ4v) is 3.36. The zero-order valence-corrected chi connectivity index (χ0v) is 12.0. The summed E-state index contributed by atoms with van der Waals surface area (Å²) in [5, 5.41) is 4.17. The van der Waals surface area contributed by atoms with E-state index in [0.29, 0.717) is 17.1 Å². The first-order chi connectivity index (χ1) is 9.08. The van der Waals surface area contributed by atoms with Gasteiger partial charge in [0.05, 0.1) is 0 Å². The van der Waals surface area contributed by atoms with Crippen molar-refractivity contribution in [1.29, 1.82) is 0 Å². The molecule has 0 bridgehead atoms. The van der Waals surface area contributed by atoms with Gasteiger partial charge in [-0.05, 0) is 37.8 Å². The third kappa shape index (κ3) is 2.78. The lowest BCUT2D eigenvalue weighted by atomic mass is 9.92. The quantitative estimate of drug-likeness (QED) is 0.917. The van der Waals surface area contributed by atoms with Crippen LogP contribution < -0.4 is 5.32 Å². The topological polar surface area (TPSA) is 15.3 Å². The molecule has 1 N–H and O–H groups in total. The number of nitrogens with one attached hydrogen (secondary N) is 1. The van der Waals surface area contributed by atoms with E-state index in [1.165, 1.54) is 18.9 Å². The molecule has 1 heterocycles. The molecule has 0 radical (unpaired) electrons. The molecule has 1 aliphatic carbocycles. The minimum atomic E-state index is -0.195. The Hall–Kier alpha value is -0.640. The van der Waals surface area contributed by atoms with Gasteiger partial charge in [-0.15, -0.1) is 0 Å². The zero-order chi connectivity index (χ0) is 13.5. The van der Waals surface area contributed by atoms with Crippen molar-refractivity contribution >= 4 is 11.6 Å². The standard InChI is InChI=1S/C15H20ClFN2/c1-15(11-5-6-11)10-19(8-7-18-15)9-12-13(16)3-2-4-14(12)17/h2-4,11,18H,5-10H2,1H3. The van der Waals surface area contributed by atoms with E-state index >= 15 is 0 Å². The lowest BCUT2D eigenvalue weighted by Gasteiger charge is -2.42. The van der Waals surface area contributed by atoms with E-state index < -0.39 is 0 Å². The van der Waals surface area contributed by atoms with Crippen molar-refractivity contribution in [1.82, 2.24) is 10.2 Å². The Kier molecular flexibility index (Phi) is 3.54. The minimum absolute atomic E-state index is 0.190. The van der Waals surface area contributed by atoms with Crippen LogP contribution in [-0.4, -0.2) is 30.1 Å². The van der Waals surface area contributed by atoms with Crippen LogP contribution in [0.5, 0.6) is 0 Å². The normalized spacial score (nSPS) is 28.6. The molecule has 4 heteroatoms. The van der Waals surface area contributed by atoms with Crippen LogP contribution in [0.15, 0.2) is 18.2 Å². The lowest BCUT2D eigenvalue weighted by molar-refractivity contribution is 0.120. The van der Waals surface area contributed by atoms with Crippen molar-refractivity contribution < 1.29 is 4.39 Å². The zero-order valence-electron chi connectivity index (χ0n) is 11.3. The van der Waals surface area contributed by atoms with E-state index in [2.05, 4.69) is 17.1 Å². The van der Waals surface area contributed by atoms with Crippen molar-refractivity contribution in [3.05, 3.63) is 34.6 Å². The lowest BCUT2D eigenvalue weighted by Crippen LogP contribution is -2.59. The van der Waals surface area contributed by atoms with Crippen LogP contribution in [0.2, 0.25) is 5.02 Å². The first kappa shape index (κ1) is 13.3. The van der Waals surface area contributed by atoms with Crippen LogP contribution in [0.4, 0.5) is 4.39 Å². The third-order valence-electron chi connectivity index (χ3n) is 4.43. The van der Waals surface area contributed by atoms with Gasteiger partial charge >= 0.3 is 0 Å². The van der Waals surface area contributed by atoms with Gasteiger partial charge in [-0.1, -0.05) is 17.7 Å². The largest absolute Gasteiger partial charge is 0.309 e. The highest BCUT2D eigenvalue weighted by Crippen LogP contribution is 2.41. The molecule has 3 rings (SSSR count). The molecular weight excluding hydrogens is 263 g/mol. The summed E-state index contributed by atoms with van der Waals surface area (Å²) < 4.78 is 13.8. The number of hydrogen-bond donors (Lipinski definition) is 1. The van der Waals surface area contributed by atoms with Crippen molar-refractivity contribution in [2.45, 2.75) is 31.8 Å². The Labute approximate surface area is 118 Å². The van der Waals surface area contributed by atoms with E-state index in [1.54, 1.807) is 12.1 Å². The van der Waals surface area contributed by atoms with Crippen molar-refractivity contribution in [3.63, 3.8) is 0 Å². The molecule has 0 amide bonds. The summed E-state index contributed by atoms with van der Waals surface area (Å²) in [6.07, 6.45) is 2.63. The summed E-state index contributed by atoms with van der Waals surface area (Å²) in [4.78, 5) is 2.32. The molecule has 1 unspecified atom stereocenters. The van der Waals surface area contributed by atoms with Crippen molar-refractivity contribution in [2.75, 3.05) is 19.6 Å². The fourth-order valence-electron chi connectivity index (χ4n) is 3.13. The summed E-state index contributed by atoms with van der Waals surface area (Å²) in [5.74, 6) is 0.588. The summed E-state index contributed by atoms with van der Waals surface area (Å²) in [5.41, 5.74) is 0.819. The number of hydrogen-bond acceptors (Lipinski definition) is 2. The predicted octanol–water partition coefficient (Wildman–Crippen LogP) is 3.05. The van der Waals surface area contributed by atoms with Gasteiger partial charge in [-0.25, -0.2) is 4.39 Å². The van der Waals surface area contributed by atoms with Crippen LogP contribution in [0.1, 0.15) is 25.3 Å². The van der Waals surface area contributed by atoms with Gasteiger partial charge < -0.3 is 5.32 Å². The van der Waals surface area contributed by atoms with Gasteiger partial charge in [0.2, 0.25) is 0 Å². The highest BCUT2D eigenvalue weighted by molar-refractivity contribution is 6.31. The molecule has 1 atom stereocenters. The van der Waals surface area contributed by atoms with E-state index in [4.69, 9.17) is 11.6 Å². The van der Waals surface area contributed by atoms with Gasteiger partial charge in [0.15, 0.2) is 0 Å². The molecule has 1 saturated carbocycles. The Morgan fingerprint density at radius 2 is 2.26 bits per heavy atom. The number of halogens is 2. The van der Waals surface area contributed by atoms with Crippen LogP contribution in [0, 0.1) is 11.7 Å². The monoisotopic (exact) mass is 282 g/mol. The van der Waals surface area contributed by atoms with Crippen molar-refractivity contribution in [3.8, 4) is 0 Å². The highest BCUT2D eigenvalue weighted by Gasteiger charge is 2.43. The summed E-state index contributed by atoms with van der Waals surface area (Å²) >= 11 is 6.11. The maximum Gasteiger partial charge on any atom is 0.129 e. The first-order valence-electron chi connectivity index (χ1n) is 6.99. The van der Waals surface area contributed by atoms with Gasteiger partial charge in [0, 0.05) is 42.3 Å².